The minimum Gasteiger partial charge on any atom is -0.300 e. The van der Waals surface area contributed by atoms with E-state index < -0.39 is 0 Å². The van der Waals surface area contributed by atoms with Gasteiger partial charge in [-0.2, -0.15) is 0 Å². The molecule has 0 saturated heterocycles. The highest BCUT2D eigenvalue weighted by atomic mass is 16.1. The van der Waals surface area contributed by atoms with Crippen molar-refractivity contribution in [1.29, 1.82) is 0 Å². The minimum absolute atomic E-state index is 0.255. The molecule has 0 spiro atoms. The van der Waals surface area contributed by atoms with Crippen molar-refractivity contribution >= 4 is 5.78 Å². The fourth-order valence-corrected chi connectivity index (χ4v) is 9.36. The second kappa shape index (κ2) is 11.0. The van der Waals surface area contributed by atoms with E-state index in [1.54, 1.807) is 6.92 Å². The van der Waals surface area contributed by atoms with Gasteiger partial charge in [0.05, 0.1) is 0 Å². The average molecular weight is 533 g/mol. The summed E-state index contributed by atoms with van der Waals surface area (Å²) < 4.78 is 0. The van der Waals surface area contributed by atoms with Crippen LogP contribution in [0.25, 0.3) is 0 Å². The lowest BCUT2D eigenvalue weighted by atomic mass is 9.37. The number of ketones is 1. The second-order valence-corrected chi connectivity index (χ2v) is 18.4. The first-order valence-corrected chi connectivity index (χ1v) is 15.5. The molecule has 0 aromatic carbocycles. The van der Waals surface area contributed by atoms with E-state index >= 15 is 0 Å². The molecule has 0 aliphatic heterocycles. The fourth-order valence-electron chi connectivity index (χ4n) is 9.36. The summed E-state index contributed by atoms with van der Waals surface area (Å²) in [5.41, 5.74) is 3.28. The van der Waals surface area contributed by atoms with E-state index in [9.17, 15) is 4.79 Å². The molecule has 38 heavy (non-hydrogen) atoms. The number of rotatable bonds is 1. The first kappa shape index (κ1) is 37.4. The number of carbonyl (C=O) groups is 1. The van der Waals surface area contributed by atoms with Crippen LogP contribution >= 0.6 is 0 Å². The zero-order valence-corrected chi connectivity index (χ0v) is 30.3. The normalized spacial score (nSPS) is 34.0. The molecule has 0 N–H and O–H groups in total. The molecular weight excluding hydrogens is 460 g/mol. The molecule has 2 bridgehead atoms. The van der Waals surface area contributed by atoms with E-state index in [2.05, 4.69) is 144 Å². The Bertz CT molecular complexity index is 760. The van der Waals surface area contributed by atoms with Crippen LogP contribution in [0.5, 0.6) is 0 Å². The summed E-state index contributed by atoms with van der Waals surface area (Å²) in [7, 11) is 0. The third-order valence-corrected chi connectivity index (χ3v) is 13.1. The van der Waals surface area contributed by atoms with Crippen molar-refractivity contribution in [3.8, 4) is 0 Å². The van der Waals surface area contributed by atoms with Crippen molar-refractivity contribution in [3.63, 3.8) is 0 Å². The summed E-state index contributed by atoms with van der Waals surface area (Å²) in [6, 6.07) is 0. The Kier molecular flexibility index (Phi) is 10.8. The molecule has 3 rings (SSSR count). The smallest absolute Gasteiger partial charge is 0.129 e. The molecule has 0 heterocycles. The molecule has 0 radical (unpaired) electrons. The summed E-state index contributed by atoms with van der Waals surface area (Å²) in [6.07, 6.45) is 7.95. The Balaban J connectivity index is 0.000000594. The Morgan fingerprint density at radius 1 is 0.684 bits per heavy atom. The third-order valence-electron chi connectivity index (χ3n) is 13.1. The van der Waals surface area contributed by atoms with Crippen molar-refractivity contribution in [2.24, 2.45) is 54.7 Å². The number of allylic oxidation sites excluding steroid dienone is 2. The summed E-state index contributed by atoms with van der Waals surface area (Å²) >= 11 is 0. The lowest BCUT2D eigenvalue weighted by Gasteiger charge is -2.67. The van der Waals surface area contributed by atoms with Crippen LogP contribution in [0, 0.1) is 54.7 Å². The van der Waals surface area contributed by atoms with Crippen molar-refractivity contribution < 1.29 is 4.79 Å². The van der Waals surface area contributed by atoms with Gasteiger partial charge in [0.15, 0.2) is 0 Å². The molecule has 3 aliphatic rings. The van der Waals surface area contributed by atoms with Gasteiger partial charge in [-0.1, -0.05) is 151 Å². The topological polar surface area (TPSA) is 17.1 Å². The quantitative estimate of drug-likeness (QED) is 0.307. The van der Waals surface area contributed by atoms with Gasteiger partial charge in [0.1, 0.15) is 5.78 Å². The molecule has 0 amide bonds. The molecule has 1 atom stereocenters. The zero-order valence-electron chi connectivity index (χ0n) is 30.3. The van der Waals surface area contributed by atoms with Crippen LogP contribution in [0.15, 0.2) is 12.2 Å². The molecule has 0 aromatic rings. The summed E-state index contributed by atoms with van der Waals surface area (Å²) in [6.45, 7) is 49.6. The highest BCUT2D eigenvalue weighted by Gasteiger charge is 2.88. The second-order valence-electron chi connectivity index (χ2n) is 18.4. The van der Waals surface area contributed by atoms with E-state index in [0.717, 1.165) is 5.92 Å². The molecule has 226 valence electrons. The number of hydrogen-bond donors (Lipinski definition) is 0. The molecule has 1 unspecified atom stereocenters. The van der Waals surface area contributed by atoms with E-state index in [1.807, 2.05) is 6.92 Å². The summed E-state index contributed by atoms with van der Waals surface area (Å²) in [5.74, 6) is 1.15. The van der Waals surface area contributed by atoms with Crippen molar-refractivity contribution in [3.05, 3.63) is 12.2 Å². The largest absolute Gasteiger partial charge is 0.300 e. The van der Waals surface area contributed by atoms with Crippen LogP contribution in [-0.2, 0) is 4.79 Å². The first-order chi connectivity index (χ1) is 16.4. The predicted molar refractivity (Wildman–Crippen MR) is 173 cm³/mol. The minimum atomic E-state index is 0.255. The molecule has 3 aliphatic carbocycles. The Hall–Kier alpha value is -0.590. The molecule has 0 aromatic heterocycles. The number of hydrogen-bond acceptors (Lipinski definition) is 1. The molecule has 2 fully saturated rings. The van der Waals surface area contributed by atoms with Crippen LogP contribution in [0.4, 0.5) is 0 Å². The van der Waals surface area contributed by atoms with E-state index in [4.69, 9.17) is 0 Å². The van der Waals surface area contributed by atoms with Gasteiger partial charge < -0.3 is 4.79 Å². The van der Waals surface area contributed by atoms with Gasteiger partial charge in [-0.15, -0.1) is 0 Å². The van der Waals surface area contributed by atoms with E-state index in [0.29, 0.717) is 55.2 Å². The third kappa shape index (κ3) is 5.75. The lowest BCUT2D eigenvalue weighted by Crippen LogP contribution is -2.61. The van der Waals surface area contributed by atoms with Crippen molar-refractivity contribution in [1.82, 2.24) is 0 Å². The molecule has 1 heteroatoms. The zero-order chi connectivity index (χ0) is 31.2. The Morgan fingerprint density at radius 3 is 1.08 bits per heavy atom. The maximum atomic E-state index is 9.81. The van der Waals surface area contributed by atoms with Crippen LogP contribution < -0.4 is 0 Å². The van der Waals surface area contributed by atoms with Crippen molar-refractivity contribution in [2.45, 2.75) is 165 Å². The van der Waals surface area contributed by atoms with Gasteiger partial charge in [0.25, 0.3) is 0 Å². The average Bonchev–Trinajstić information content (AvgIpc) is 2.79. The SMILES string of the molecule is CC(C)(C)C.CC1(C)C(C)(C)C2(C)C(C)(C)C(C)(C)C1(C)C2(C)C.CC1CC=CC(C)(C)C1.CCC(C)=O. The predicted octanol–water partition coefficient (Wildman–Crippen LogP) is 12.2. The monoisotopic (exact) mass is 533 g/mol. The number of Topliss-reactive ketones (excluding diaryl/α,β-unsaturated/α-hetero) is 1. The van der Waals surface area contributed by atoms with E-state index in [1.165, 1.54) is 12.8 Å². The van der Waals surface area contributed by atoms with Crippen LogP contribution in [-0.4, -0.2) is 5.78 Å². The maximum absolute atomic E-state index is 9.81. The van der Waals surface area contributed by atoms with Gasteiger partial charge in [-0.05, 0) is 74.4 Å². The maximum Gasteiger partial charge on any atom is 0.129 e. The van der Waals surface area contributed by atoms with Gasteiger partial charge >= 0.3 is 0 Å². The van der Waals surface area contributed by atoms with Gasteiger partial charge in [-0.3, -0.25) is 0 Å². The van der Waals surface area contributed by atoms with E-state index in [-0.39, 0.29) is 5.78 Å². The summed E-state index contributed by atoms with van der Waals surface area (Å²) in [5, 5.41) is 0. The standard InChI is InChI=1S/C19H36.C9H16.C5H12.C4H8O/c1-13(2)14(3,4)19(12)16(7,8)15(5,6)18(13,11)17(19,9)10;1-8-5-4-6-9(2,3)7-8;1-5(2,3)4;1-3-4(2)5/h1-12H3;4,6,8H,5,7H2,1-3H3;1-4H3;3H2,1-2H3. The van der Waals surface area contributed by atoms with Gasteiger partial charge in [0, 0.05) is 6.42 Å². The number of fused-ring (bicyclic) bond motifs is 2. The van der Waals surface area contributed by atoms with Crippen LogP contribution in [0.2, 0.25) is 0 Å². The lowest BCUT2D eigenvalue weighted by molar-refractivity contribution is -0.193. The first-order valence-electron chi connectivity index (χ1n) is 15.5. The number of carbonyl (C=O) groups excluding carboxylic acids is 1. The van der Waals surface area contributed by atoms with Crippen LogP contribution in [0.3, 0.4) is 0 Å². The van der Waals surface area contributed by atoms with Gasteiger partial charge in [-0.25, -0.2) is 0 Å². The highest BCUT2D eigenvalue weighted by molar-refractivity contribution is 5.74. The summed E-state index contributed by atoms with van der Waals surface area (Å²) in [4.78, 5) is 9.81. The highest BCUT2D eigenvalue weighted by Crippen LogP contribution is 2.94. The Morgan fingerprint density at radius 2 is 0.947 bits per heavy atom. The van der Waals surface area contributed by atoms with Gasteiger partial charge in [0.2, 0.25) is 0 Å². The molecule has 1 nitrogen and oxygen atoms in total. The van der Waals surface area contributed by atoms with Crippen molar-refractivity contribution in [2.75, 3.05) is 0 Å². The Labute approximate surface area is 241 Å². The van der Waals surface area contributed by atoms with Crippen LogP contribution in [0.1, 0.15) is 165 Å². The molecular formula is C37H72O. The fraction of sp³-hybridized carbons (Fsp3) is 0.919. The molecule has 2 saturated carbocycles.